The van der Waals surface area contributed by atoms with Crippen molar-refractivity contribution in [2.75, 3.05) is 14.1 Å². The Bertz CT molecular complexity index is 622. The molecule has 4 heteroatoms. The van der Waals surface area contributed by atoms with Crippen LogP contribution in [0, 0.1) is 0 Å². The minimum Gasteiger partial charge on any atom is -0.349 e. The highest BCUT2D eigenvalue weighted by atomic mass is 15.0. The molecule has 0 bridgehead atoms. The van der Waals surface area contributed by atoms with E-state index in [0.717, 1.165) is 33.9 Å². The summed E-state index contributed by atoms with van der Waals surface area (Å²) in [5.74, 6) is 0. The Kier molecular flexibility index (Phi) is 2.26. The van der Waals surface area contributed by atoms with E-state index in [1.54, 1.807) is 0 Å². The van der Waals surface area contributed by atoms with Gasteiger partial charge in [-0.25, -0.2) is 0 Å². The Balaban J connectivity index is 2.42. The van der Waals surface area contributed by atoms with Crippen LogP contribution in [0.3, 0.4) is 0 Å². The molecule has 0 atom stereocenters. The molecular formula is C14H16N4. The predicted octanol–water partition coefficient (Wildman–Crippen LogP) is 1.61. The standard InChI is InChI=1S/C14H16N4/c1-15-11-9-5-7-18(4)14(9)12(16-2)10-6-8-17(3)13(10)11/h5-8H,1-4H3. The van der Waals surface area contributed by atoms with Crippen molar-refractivity contribution in [3.63, 3.8) is 0 Å². The SMILES string of the molecule is CN=C1c2ccn(C)c2C(=NC)c2ccn(C)c21. The summed E-state index contributed by atoms with van der Waals surface area (Å²) < 4.78 is 4.22. The van der Waals surface area contributed by atoms with Gasteiger partial charge in [0.05, 0.1) is 22.8 Å². The van der Waals surface area contributed by atoms with Crippen molar-refractivity contribution in [1.82, 2.24) is 9.13 Å². The molecule has 2 aromatic rings. The maximum Gasteiger partial charge on any atom is 0.0909 e. The van der Waals surface area contributed by atoms with Crippen LogP contribution in [0.2, 0.25) is 0 Å². The lowest BCUT2D eigenvalue weighted by Crippen LogP contribution is -2.24. The molecule has 2 aromatic heterocycles. The molecule has 0 N–H and O–H groups in total. The lowest BCUT2D eigenvalue weighted by atomic mass is 9.92. The summed E-state index contributed by atoms with van der Waals surface area (Å²) in [5, 5.41) is 0. The molecule has 0 saturated carbocycles. The number of nitrogens with zero attached hydrogens (tertiary/aromatic N) is 4. The van der Waals surface area contributed by atoms with Crippen molar-refractivity contribution in [3.05, 3.63) is 47.0 Å². The Morgan fingerprint density at radius 1 is 0.778 bits per heavy atom. The van der Waals surface area contributed by atoms with Crippen LogP contribution in [0.1, 0.15) is 22.5 Å². The third-order valence-electron chi connectivity index (χ3n) is 3.55. The summed E-state index contributed by atoms with van der Waals surface area (Å²) >= 11 is 0. The number of aryl methyl sites for hydroxylation is 2. The number of hydrogen-bond acceptors (Lipinski definition) is 2. The summed E-state index contributed by atoms with van der Waals surface area (Å²) in [6.45, 7) is 0. The molecule has 3 rings (SSSR count). The number of aromatic nitrogens is 2. The molecule has 0 amide bonds. The van der Waals surface area contributed by atoms with Crippen molar-refractivity contribution in [3.8, 4) is 0 Å². The van der Waals surface area contributed by atoms with Crippen LogP contribution in [0.5, 0.6) is 0 Å². The van der Waals surface area contributed by atoms with Gasteiger partial charge >= 0.3 is 0 Å². The van der Waals surface area contributed by atoms with Crippen molar-refractivity contribution in [2.24, 2.45) is 24.1 Å². The fourth-order valence-electron chi connectivity index (χ4n) is 2.74. The van der Waals surface area contributed by atoms with E-state index in [1.165, 1.54) is 0 Å². The van der Waals surface area contributed by atoms with Crippen LogP contribution in [0.4, 0.5) is 0 Å². The summed E-state index contributed by atoms with van der Waals surface area (Å²) in [7, 11) is 7.78. The molecule has 92 valence electrons. The van der Waals surface area contributed by atoms with Crippen LogP contribution >= 0.6 is 0 Å². The zero-order chi connectivity index (χ0) is 12.9. The lowest BCUT2D eigenvalue weighted by molar-refractivity contribution is 0.899. The first-order valence-electron chi connectivity index (χ1n) is 5.94. The number of hydrogen-bond donors (Lipinski definition) is 0. The van der Waals surface area contributed by atoms with Gasteiger partial charge < -0.3 is 9.13 Å². The Morgan fingerprint density at radius 3 is 1.50 bits per heavy atom. The van der Waals surface area contributed by atoms with Crippen LogP contribution in [-0.4, -0.2) is 34.7 Å². The molecule has 0 saturated heterocycles. The Labute approximate surface area is 106 Å². The van der Waals surface area contributed by atoms with Gasteiger partial charge in [-0.1, -0.05) is 0 Å². The molecule has 0 spiro atoms. The fraction of sp³-hybridized carbons (Fsp3) is 0.286. The molecule has 0 radical (unpaired) electrons. The van der Waals surface area contributed by atoms with E-state index in [0.29, 0.717) is 0 Å². The van der Waals surface area contributed by atoms with Gasteiger partial charge in [0.25, 0.3) is 0 Å². The molecular weight excluding hydrogens is 224 g/mol. The lowest BCUT2D eigenvalue weighted by Gasteiger charge is -2.20. The van der Waals surface area contributed by atoms with Gasteiger partial charge in [0, 0.05) is 51.7 Å². The molecule has 0 unspecified atom stereocenters. The quantitative estimate of drug-likeness (QED) is 0.572. The number of rotatable bonds is 0. The highest BCUT2D eigenvalue weighted by Crippen LogP contribution is 2.29. The van der Waals surface area contributed by atoms with Gasteiger partial charge in [-0.05, 0) is 12.1 Å². The molecule has 1 aliphatic carbocycles. The second-order valence-electron chi connectivity index (χ2n) is 4.52. The van der Waals surface area contributed by atoms with Gasteiger partial charge in [-0.2, -0.15) is 0 Å². The molecule has 4 nitrogen and oxygen atoms in total. The minimum atomic E-state index is 1.04. The summed E-state index contributed by atoms with van der Waals surface area (Å²) in [6, 6.07) is 4.22. The van der Waals surface area contributed by atoms with Crippen LogP contribution in [0.15, 0.2) is 34.5 Å². The zero-order valence-corrected chi connectivity index (χ0v) is 11.1. The summed E-state index contributed by atoms with van der Waals surface area (Å²) in [4.78, 5) is 8.95. The van der Waals surface area contributed by atoms with Crippen molar-refractivity contribution in [2.45, 2.75) is 0 Å². The summed E-state index contributed by atoms with van der Waals surface area (Å²) in [5.41, 5.74) is 6.71. The Morgan fingerprint density at radius 2 is 1.17 bits per heavy atom. The van der Waals surface area contributed by atoms with E-state index >= 15 is 0 Å². The van der Waals surface area contributed by atoms with Crippen molar-refractivity contribution < 1.29 is 0 Å². The highest BCUT2D eigenvalue weighted by Gasteiger charge is 2.30. The first-order valence-corrected chi connectivity index (χ1v) is 5.94. The number of fused-ring (bicyclic) bond motifs is 2. The largest absolute Gasteiger partial charge is 0.349 e. The van der Waals surface area contributed by atoms with E-state index in [1.807, 2.05) is 28.2 Å². The third-order valence-corrected chi connectivity index (χ3v) is 3.55. The Hall–Kier alpha value is -2.10. The monoisotopic (exact) mass is 240 g/mol. The topological polar surface area (TPSA) is 34.6 Å². The van der Waals surface area contributed by atoms with Gasteiger partial charge in [-0.3, -0.25) is 9.98 Å². The van der Waals surface area contributed by atoms with E-state index in [-0.39, 0.29) is 0 Å². The first-order chi connectivity index (χ1) is 8.69. The van der Waals surface area contributed by atoms with Gasteiger partial charge in [0.2, 0.25) is 0 Å². The van der Waals surface area contributed by atoms with Crippen LogP contribution in [0.25, 0.3) is 0 Å². The van der Waals surface area contributed by atoms with Crippen molar-refractivity contribution >= 4 is 11.4 Å². The maximum absolute atomic E-state index is 4.47. The number of aliphatic imine (C=N–C) groups is 2. The van der Waals surface area contributed by atoms with E-state index < -0.39 is 0 Å². The fourth-order valence-corrected chi connectivity index (χ4v) is 2.74. The van der Waals surface area contributed by atoms with E-state index in [4.69, 9.17) is 0 Å². The second kappa shape index (κ2) is 3.70. The van der Waals surface area contributed by atoms with Gasteiger partial charge in [-0.15, -0.1) is 0 Å². The average molecular weight is 240 g/mol. The normalized spacial score (nSPS) is 18.2. The van der Waals surface area contributed by atoms with E-state index in [9.17, 15) is 0 Å². The first kappa shape index (κ1) is 11.0. The molecule has 1 aliphatic rings. The molecule has 0 aliphatic heterocycles. The highest BCUT2D eigenvalue weighted by molar-refractivity contribution is 6.30. The average Bonchev–Trinajstić information content (AvgIpc) is 2.93. The van der Waals surface area contributed by atoms with Gasteiger partial charge in [0.15, 0.2) is 0 Å². The third kappa shape index (κ3) is 1.20. The second-order valence-corrected chi connectivity index (χ2v) is 4.52. The van der Waals surface area contributed by atoms with Gasteiger partial charge in [0.1, 0.15) is 0 Å². The summed E-state index contributed by atoms with van der Waals surface area (Å²) in [6.07, 6.45) is 4.12. The molecule has 0 fully saturated rings. The maximum atomic E-state index is 4.47. The zero-order valence-electron chi connectivity index (χ0n) is 11.1. The molecule has 0 aromatic carbocycles. The smallest absolute Gasteiger partial charge is 0.0909 e. The minimum absolute atomic E-state index is 1.04. The predicted molar refractivity (Wildman–Crippen MR) is 74.0 cm³/mol. The molecule has 2 heterocycles. The van der Waals surface area contributed by atoms with Crippen LogP contribution < -0.4 is 0 Å². The van der Waals surface area contributed by atoms with Crippen LogP contribution in [-0.2, 0) is 14.1 Å². The molecule has 18 heavy (non-hydrogen) atoms. The van der Waals surface area contributed by atoms with Crippen molar-refractivity contribution in [1.29, 1.82) is 0 Å². The van der Waals surface area contributed by atoms with E-state index in [2.05, 4.69) is 43.6 Å².